The molecule has 0 bridgehead atoms. The normalized spacial score (nSPS) is 11.5. The van der Waals surface area contributed by atoms with Crippen LogP contribution in [0.5, 0.6) is 5.75 Å². The Morgan fingerprint density at radius 1 is 1.27 bits per heavy atom. The van der Waals surface area contributed by atoms with Gasteiger partial charge in [0.25, 0.3) is 5.91 Å². The largest absolute Gasteiger partial charge is 0.492 e. The number of ether oxygens (including phenoxy) is 1. The summed E-state index contributed by atoms with van der Waals surface area (Å²) in [5.74, 6) is -0.147. The van der Waals surface area contributed by atoms with Gasteiger partial charge in [0.2, 0.25) is 0 Å². The predicted octanol–water partition coefficient (Wildman–Crippen LogP) is 1.64. The average molecular weight is 375 g/mol. The van der Waals surface area contributed by atoms with Gasteiger partial charge in [-0.3, -0.25) is 10.0 Å². The lowest BCUT2D eigenvalue weighted by Crippen LogP contribution is -2.18. The molecule has 0 radical (unpaired) electrons. The van der Waals surface area contributed by atoms with Gasteiger partial charge in [-0.2, -0.15) is 0 Å². The van der Waals surface area contributed by atoms with Crippen LogP contribution in [0.3, 0.4) is 0 Å². The molecule has 0 unspecified atom stereocenters. The van der Waals surface area contributed by atoms with Gasteiger partial charge in [0.15, 0.2) is 9.84 Å². The van der Waals surface area contributed by atoms with E-state index in [0.717, 1.165) is 11.8 Å². The Kier molecular flexibility index (Phi) is 4.92. The minimum Gasteiger partial charge on any atom is -0.492 e. The van der Waals surface area contributed by atoms with E-state index in [-0.39, 0.29) is 11.5 Å². The smallest absolute Gasteiger partial charge is 0.274 e. The van der Waals surface area contributed by atoms with Gasteiger partial charge in [0.05, 0.1) is 28.8 Å². The molecule has 0 fully saturated rings. The lowest BCUT2D eigenvalue weighted by atomic mass is 10.2. The summed E-state index contributed by atoms with van der Waals surface area (Å²) in [6.45, 7) is 0.735. The van der Waals surface area contributed by atoms with Crippen molar-refractivity contribution < 1.29 is 23.2 Å². The highest BCUT2D eigenvalue weighted by Gasteiger charge is 2.10. The van der Waals surface area contributed by atoms with Crippen LogP contribution in [-0.2, 0) is 16.4 Å². The highest BCUT2D eigenvalue weighted by atomic mass is 32.2. The maximum absolute atomic E-state index is 11.6. The van der Waals surface area contributed by atoms with Gasteiger partial charge < -0.3 is 9.30 Å². The standard InChI is InChI=1S/C17H17N3O5S/c1-26(23,24)14-4-2-3-13(10-14)25-8-7-20-11-18-15-6-5-12(9-16(15)20)17(21)19-22/h2-6,9-11,22H,7-8H2,1H3,(H,19,21). The molecule has 26 heavy (non-hydrogen) atoms. The number of carbonyl (C=O) groups excluding carboxylic acids is 1. The molecule has 0 spiro atoms. The lowest BCUT2D eigenvalue weighted by Gasteiger charge is -2.09. The van der Waals surface area contributed by atoms with Crippen LogP contribution >= 0.6 is 0 Å². The van der Waals surface area contributed by atoms with Gasteiger partial charge in [-0.05, 0) is 36.4 Å². The van der Waals surface area contributed by atoms with E-state index >= 15 is 0 Å². The molecule has 0 aliphatic heterocycles. The first-order chi connectivity index (χ1) is 12.4. The molecule has 0 aliphatic carbocycles. The van der Waals surface area contributed by atoms with E-state index in [1.807, 2.05) is 4.57 Å². The van der Waals surface area contributed by atoms with Crippen LogP contribution in [0.1, 0.15) is 10.4 Å². The van der Waals surface area contributed by atoms with Gasteiger partial charge in [0, 0.05) is 11.8 Å². The average Bonchev–Trinajstić information content (AvgIpc) is 3.03. The number of hydrogen-bond donors (Lipinski definition) is 2. The van der Waals surface area contributed by atoms with Gasteiger partial charge in [0.1, 0.15) is 12.4 Å². The summed E-state index contributed by atoms with van der Waals surface area (Å²) in [7, 11) is -3.29. The number of nitrogens with one attached hydrogen (secondary N) is 1. The molecule has 3 rings (SSSR count). The molecule has 1 aromatic heterocycles. The van der Waals surface area contributed by atoms with Crippen LogP contribution in [0.2, 0.25) is 0 Å². The maximum Gasteiger partial charge on any atom is 0.274 e. The van der Waals surface area contributed by atoms with Crippen molar-refractivity contribution in [3.63, 3.8) is 0 Å². The summed E-state index contributed by atoms with van der Waals surface area (Å²) in [5, 5.41) is 8.74. The van der Waals surface area contributed by atoms with E-state index in [9.17, 15) is 13.2 Å². The van der Waals surface area contributed by atoms with Crippen molar-refractivity contribution in [1.29, 1.82) is 0 Å². The Bertz CT molecular complexity index is 1060. The number of aromatic nitrogens is 2. The van der Waals surface area contributed by atoms with Gasteiger partial charge in [-0.15, -0.1) is 0 Å². The van der Waals surface area contributed by atoms with E-state index < -0.39 is 15.7 Å². The zero-order valence-electron chi connectivity index (χ0n) is 13.9. The Labute approximate surface area is 149 Å². The third kappa shape index (κ3) is 3.84. The molecule has 3 aromatic rings. The number of imidazole rings is 1. The maximum atomic E-state index is 11.6. The monoisotopic (exact) mass is 375 g/mol. The molecule has 1 amide bonds. The van der Waals surface area contributed by atoms with Crippen LogP contribution in [0.25, 0.3) is 11.0 Å². The van der Waals surface area contributed by atoms with Crippen molar-refractivity contribution in [3.8, 4) is 5.75 Å². The van der Waals surface area contributed by atoms with Crippen molar-refractivity contribution in [3.05, 3.63) is 54.4 Å². The number of nitrogens with zero attached hydrogens (tertiary/aromatic N) is 2. The predicted molar refractivity (Wildman–Crippen MR) is 94.0 cm³/mol. The van der Waals surface area contributed by atoms with Gasteiger partial charge in [-0.25, -0.2) is 18.9 Å². The number of benzene rings is 2. The van der Waals surface area contributed by atoms with Crippen molar-refractivity contribution in [2.24, 2.45) is 0 Å². The third-order valence-electron chi connectivity index (χ3n) is 3.82. The summed E-state index contributed by atoms with van der Waals surface area (Å²) in [5.41, 5.74) is 3.33. The molecule has 0 saturated heterocycles. The van der Waals surface area contributed by atoms with Crippen LogP contribution in [0, 0.1) is 0 Å². The topological polar surface area (TPSA) is 111 Å². The number of carbonyl (C=O) groups is 1. The molecular formula is C17H17N3O5S. The first-order valence-electron chi connectivity index (χ1n) is 7.71. The van der Waals surface area contributed by atoms with Gasteiger partial charge >= 0.3 is 0 Å². The highest BCUT2D eigenvalue weighted by Crippen LogP contribution is 2.18. The van der Waals surface area contributed by atoms with Crippen LogP contribution in [0.15, 0.2) is 53.7 Å². The number of sulfone groups is 1. The zero-order chi connectivity index (χ0) is 18.7. The second-order valence-electron chi connectivity index (χ2n) is 5.68. The number of amides is 1. The first-order valence-corrected chi connectivity index (χ1v) is 9.60. The first kappa shape index (κ1) is 17.9. The number of rotatable bonds is 6. The van der Waals surface area contributed by atoms with E-state index in [4.69, 9.17) is 9.94 Å². The molecule has 136 valence electrons. The molecule has 0 aliphatic rings. The number of hydroxylamine groups is 1. The number of hydrogen-bond acceptors (Lipinski definition) is 6. The highest BCUT2D eigenvalue weighted by molar-refractivity contribution is 7.90. The van der Waals surface area contributed by atoms with Crippen molar-refractivity contribution in [2.45, 2.75) is 11.4 Å². The Hall–Kier alpha value is -2.91. The fourth-order valence-corrected chi connectivity index (χ4v) is 3.15. The molecule has 1 heterocycles. The summed E-state index contributed by atoms with van der Waals surface area (Å²) >= 11 is 0. The van der Waals surface area contributed by atoms with E-state index in [1.165, 1.54) is 12.1 Å². The fourth-order valence-electron chi connectivity index (χ4n) is 2.50. The fraction of sp³-hybridized carbons (Fsp3) is 0.176. The van der Waals surface area contributed by atoms with Crippen molar-refractivity contribution in [1.82, 2.24) is 15.0 Å². The molecule has 0 saturated carbocycles. The molecule has 9 heteroatoms. The minimum absolute atomic E-state index is 0.197. The lowest BCUT2D eigenvalue weighted by molar-refractivity contribution is 0.0706. The van der Waals surface area contributed by atoms with Crippen LogP contribution in [-0.4, -0.2) is 41.9 Å². The summed E-state index contributed by atoms with van der Waals surface area (Å²) in [4.78, 5) is 16.0. The Balaban J connectivity index is 1.73. The third-order valence-corrected chi connectivity index (χ3v) is 4.93. The quantitative estimate of drug-likeness (QED) is 0.501. The van der Waals surface area contributed by atoms with E-state index in [2.05, 4.69) is 4.98 Å². The van der Waals surface area contributed by atoms with Crippen LogP contribution < -0.4 is 10.2 Å². The second kappa shape index (κ2) is 7.14. The Morgan fingerprint density at radius 2 is 2.08 bits per heavy atom. The van der Waals surface area contributed by atoms with Gasteiger partial charge in [-0.1, -0.05) is 6.07 Å². The molecule has 2 N–H and O–H groups in total. The molecule has 8 nitrogen and oxygen atoms in total. The van der Waals surface area contributed by atoms with Crippen molar-refractivity contribution in [2.75, 3.05) is 12.9 Å². The molecular weight excluding hydrogens is 358 g/mol. The zero-order valence-corrected chi connectivity index (χ0v) is 14.7. The van der Waals surface area contributed by atoms with Crippen LogP contribution in [0.4, 0.5) is 0 Å². The number of fused-ring (bicyclic) bond motifs is 1. The van der Waals surface area contributed by atoms with Crippen molar-refractivity contribution >= 4 is 26.8 Å². The summed E-state index contributed by atoms with van der Waals surface area (Å²) < 4.78 is 30.6. The van der Waals surface area contributed by atoms with E-state index in [1.54, 1.807) is 42.1 Å². The minimum atomic E-state index is -3.29. The summed E-state index contributed by atoms with van der Waals surface area (Å²) in [6.07, 6.45) is 2.77. The molecule has 0 atom stereocenters. The molecule has 2 aromatic carbocycles. The summed E-state index contributed by atoms with van der Waals surface area (Å²) in [6, 6.07) is 11.2. The Morgan fingerprint density at radius 3 is 2.81 bits per heavy atom. The second-order valence-corrected chi connectivity index (χ2v) is 7.69. The SMILES string of the molecule is CS(=O)(=O)c1cccc(OCCn2cnc3ccc(C(=O)NO)cc32)c1. The van der Waals surface area contributed by atoms with E-state index in [0.29, 0.717) is 23.4 Å².